The summed E-state index contributed by atoms with van der Waals surface area (Å²) in [4.78, 5) is 24.6. The van der Waals surface area contributed by atoms with E-state index in [0.29, 0.717) is 24.2 Å². The van der Waals surface area contributed by atoms with Crippen LogP contribution in [0.3, 0.4) is 0 Å². The molecular formula is C22H32O5. The van der Waals surface area contributed by atoms with Crippen LogP contribution in [0.25, 0.3) is 0 Å². The van der Waals surface area contributed by atoms with Crippen LogP contribution in [0.2, 0.25) is 0 Å². The Morgan fingerprint density at radius 2 is 1.81 bits per heavy atom. The molecule has 0 heterocycles. The van der Waals surface area contributed by atoms with Gasteiger partial charge in [-0.05, 0) is 79.1 Å². The molecule has 7 atom stereocenters. The number of hydrogen-bond acceptors (Lipinski definition) is 5. The van der Waals surface area contributed by atoms with Gasteiger partial charge in [0.15, 0.2) is 5.78 Å². The molecule has 4 aliphatic rings. The average molecular weight is 376 g/mol. The van der Waals surface area contributed by atoms with E-state index < -0.39 is 17.7 Å². The van der Waals surface area contributed by atoms with Gasteiger partial charge in [0.25, 0.3) is 0 Å². The summed E-state index contributed by atoms with van der Waals surface area (Å²) in [6, 6.07) is 0. The Bertz CT molecular complexity index is 704. The van der Waals surface area contributed by atoms with Gasteiger partial charge in [-0.1, -0.05) is 26.3 Å². The Kier molecular flexibility index (Phi) is 4.27. The molecule has 150 valence electrons. The van der Waals surface area contributed by atoms with E-state index in [4.69, 9.17) is 0 Å². The minimum absolute atomic E-state index is 0.0229. The number of Topliss-reactive ketones (excluding diaryl/α,β-unsaturated/α-hetero) is 1. The van der Waals surface area contributed by atoms with Crippen molar-refractivity contribution in [3.63, 3.8) is 0 Å². The van der Waals surface area contributed by atoms with Crippen LogP contribution in [-0.4, -0.2) is 32.9 Å². The molecule has 4 rings (SSSR count). The van der Waals surface area contributed by atoms with Gasteiger partial charge in [-0.15, -0.1) is 0 Å². The van der Waals surface area contributed by atoms with Gasteiger partial charge in [0.1, 0.15) is 0 Å². The van der Waals surface area contributed by atoms with Gasteiger partial charge in [0.2, 0.25) is 5.78 Å². The highest BCUT2D eigenvalue weighted by atomic mass is 16.7. The minimum Gasteiger partial charge on any atom is -0.337 e. The number of allylic oxidation sites excluding steroid dienone is 1. The molecule has 0 amide bonds. The molecule has 5 heteroatoms. The van der Waals surface area contributed by atoms with E-state index in [-0.39, 0.29) is 22.5 Å². The Morgan fingerprint density at radius 1 is 1.11 bits per heavy atom. The van der Waals surface area contributed by atoms with Gasteiger partial charge >= 0.3 is 5.97 Å². The van der Waals surface area contributed by atoms with Gasteiger partial charge in [-0.25, -0.2) is 0 Å². The highest BCUT2D eigenvalue weighted by molar-refractivity contribution is 5.91. The SMILES string of the molecule is CC1C[C@H]2[C@@H]3CCC4=CC(=O)CC[C@]4(C)[C@H]3CC[C@]2(C)[C@H]1C(=O)C(O)(O)O. The number of rotatable bonds is 2. The lowest BCUT2D eigenvalue weighted by Gasteiger charge is -2.58. The van der Waals surface area contributed by atoms with Gasteiger partial charge in [0, 0.05) is 12.3 Å². The van der Waals surface area contributed by atoms with Gasteiger partial charge < -0.3 is 15.3 Å². The van der Waals surface area contributed by atoms with Crippen LogP contribution < -0.4 is 0 Å². The van der Waals surface area contributed by atoms with Crippen molar-refractivity contribution >= 4 is 11.6 Å². The van der Waals surface area contributed by atoms with Gasteiger partial charge in [-0.2, -0.15) is 0 Å². The first-order chi connectivity index (χ1) is 12.5. The van der Waals surface area contributed by atoms with Crippen molar-refractivity contribution in [2.24, 2.45) is 40.4 Å². The molecule has 0 aromatic carbocycles. The molecule has 0 aromatic rings. The lowest BCUT2D eigenvalue weighted by molar-refractivity contribution is -0.292. The Balaban J connectivity index is 1.67. The largest absolute Gasteiger partial charge is 0.339 e. The second kappa shape index (κ2) is 5.98. The van der Waals surface area contributed by atoms with Crippen LogP contribution in [0.5, 0.6) is 0 Å². The third-order valence-corrected chi connectivity index (χ3v) is 8.92. The first kappa shape index (κ1) is 19.3. The summed E-state index contributed by atoms with van der Waals surface area (Å²) < 4.78 is 0. The summed E-state index contributed by atoms with van der Waals surface area (Å²) in [5, 5.41) is 28.6. The Hall–Kier alpha value is -1.04. The number of carbonyl (C=O) groups excluding carboxylic acids is 2. The maximum atomic E-state index is 12.6. The topological polar surface area (TPSA) is 94.8 Å². The normalized spacial score (nSPS) is 47.0. The quantitative estimate of drug-likeness (QED) is 0.644. The maximum absolute atomic E-state index is 12.6. The molecule has 1 unspecified atom stereocenters. The molecule has 0 aliphatic heterocycles. The number of ketones is 2. The Labute approximate surface area is 160 Å². The van der Waals surface area contributed by atoms with Crippen molar-refractivity contribution < 1.29 is 24.9 Å². The molecule has 27 heavy (non-hydrogen) atoms. The van der Waals surface area contributed by atoms with Crippen molar-refractivity contribution in [3.8, 4) is 0 Å². The summed E-state index contributed by atoms with van der Waals surface area (Å²) in [6.45, 7) is 6.44. The van der Waals surface area contributed by atoms with Crippen LogP contribution in [0.15, 0.2) is 11.6 Å². The lowest BCUT2D eigenvalue weighted by atomic mass is 9.46. The third-order valence-electron chi connectivity index (χ3n) is 8.92. The molecular weight excluding hydrogens is 344 g/mol. The summed E-state index contributed by atoms with van der Waals surface area (Å²) in [5.74, 6) is -2.98. The molecule has 3 fully saturated rings. The van der Waals surface area contributed by atoms with Gasteiger partial charge in [-0.3, -0.25) is 9.59 Å². The minimum atomic E-state index is -3.24. The van der Waals surface area contributed by atoms with E-state index in [1.165, 1.54) is 5.57 Å². The maximum Gasteiger partial charge on any atom is 0.339 e. The second-order valence-corrected chi connectivity index (χ2v) is 10.2. The standard InChI is InChI=1S/C22H32O5/c1-12-10-17-15-5-4-13-11-14(23)6-8-20(13,2)16(15)7-9-21(17,3)18(12)19(24)22(25,26)27/h11-12,15-18,25-27H,4-10H2,1-3H3/t12?,15-,16+,17+,18-,20+,21+/m1/s1. The molecule has 3 saturated carbocycles. The fourth-order valence-corrected chi connectivity index (χ4v) is 7.69. The van der Waals surface area contributed by atoms with E-state index in [1.807, 2.05) is 13.0 Å². The van der Waals surface area contributed by atoms with Crippen LogP contribution >= 0.6 is 0 Å². The predicted molar refractivity (Wildman–Crippen MR) is 99.1 cm³/mol. The molecule has 4 aliphatic carbocycles. The molecule has 5 nitrogen and oxygen atoms in total. The number of carbonyl (C=O) groups is 2. The molecule has 0 spiro atoms. The highest BCUT2D eigenvalue weighted by Gasteiger charge is 2.63. The van der Waals surface area contributed by atoms with Crippen molar-refractivity contribution in [1.29, 1.82) is 0 Å². The lowest BCUT2D eigenvalue weighted by Crippen LogP contribution is -2.53. The molecule has 0 bridgehead atoms. The van der Waals surface area contributed by atoms with E-state index in [2.05, 4.69) is 13.8 Å². The van der Waals surface area contributed by atoms with Crippen LogP contribution in [0, 0.1) is 40.4 Å². The van der Waals surface area contributed by atoms with Crippen LogP contribution in [0.1, 0.15) is 65.7 Å². The van der Waals surface area contributed by atoms with Crippen LogP contribution in [0.4, 0.5) is 0 Å². The van der Waals surface area contributed by atoms with Crippen molar-refractivity contribution in [2.75, 3.05) is 0 Å². The third kappa shape index (κ3) is 2.69. The van der Waals surface area contributed by atoms with Crippen molar-refractivity contribution in [1.82, 2.24) is 0 Å². The number of hydrogen-bond donors (Lipinski definition) is 3. The number of aliphatic hydroxyl groups is 3. The molecule has 3 N–H and O–H groups in total. The first-order valence-electron chi connectivity index (χ1n) is 10.4. The van der Waals surface area contributed by atoms with Crippen molar-refractivity contribution in [2.45, 2.75) is 71.7 Å². The summed E-state index contributed by atoms with van der Waals surface area (Å²) in [7, 11) is 0. The van der Waals surface area contributed by atoms with E-state index >= 15 is 0 Å². The zero-order chi connectivity index (χ0) is 19.8. The fraction of sp³-hybridized carbons (Fsp3) is 0.818. The zero-order valence-corrected chi connectivity index (χ0v) is 16.6. The Morgan fingerprint density at radius 3 is 2.48 bits per heavy atom. The molecule has 0 saturated heterocycles. The summed E-state index contributed by atoms with van der Waals surface area (Å²) in [5.41, 5.74) is 1.10. The smallest absolute Gasteiger partial charge is 0.337 e. The van der Waals surface area contributed by atoms with Crippen molar-refractivity contribution in [3.05, 3.63) is 11.6 Å². The molecule has 0 radical (unpaired) electrons. The molecule has 0 aromatic heterocycles. The average Bonchev–Trinajstić information content (AvgIpc) is 2.84. The summed E-state index contributed by atoms with van der Waals surface area (Å²) >= 11 is 0. The second-order valence-electron chi connectivity index (χ2n) is 10.2. The van der Waals surface area contributed by atoms with Crippen LogP contribution in [-0.2, 0) is 9.59 Å². The van der Waals surface area contributed by atoms with E-state index in [9.17, 15) is 24.9 Å². The predicted octanol–water partition coefficient (Wildman–Crippen LogP) is 2.58. The zero-order valence-electron chi connectivity index (χ0n) is 16.6. The first-order valence-corrected chi connectivity index (χ1v) is 10.4. The fourth-order valence-electron chi connectivity index (χ4n) is 7.69. The van der Waals surface area contributed by atoms with E-state index in [1.54, 1.807) is 0 Å². The van der Waals surface area contributed by atoms with Gasteiger partial charge in [0.05, 0.1) is 0 Å². The van der Waals surface area contributed by atoms with E-state index in [0.717, 1.165) is 38.5 Å². The highest BCUT2D eigenvalue weighted by Crippen LogP contribution is 2.67. The summed E-state index contributed by atoms with van der Waals surface area (Å²) in [6.07, 6.45) is 8.17. The number of fused-ring (bicyclic) bond motifs is 5. The monoisotopic (exact) mass is 376 g/mol.